The van der Waals surface area contributed by atoms with Crippen LogP contribution in [0.4, 0.5) is 5.69 Å². The monoisotopic (exact) mass is 200 g/mol. The number of aromatic hydroxyl groups is 1. The molecule has 0 unspecified atom stereocenters. The van der Waals surface area contributed by atoms with E-state index in [9.17, 15) is 5.11 Å². The number of aromatic nitrogens is 1. The summed E-state index contributed by atoms with van der Waals surface area (Å²) in [5, 5.41) is 9.32. The van der Waals surface area contributed by atoms with Crippen molar-refractivity contribution < 1.29 is 5.11 Å². The van der Waals surface area contributed by atoms with Crippen molar-refractivity contribution >= 4 is 5.69 Å². The average Bonchev–Trinajstić information content (AvgIpc) is 2.23. The third kappa shape index (κ3) is 1.76. The van der Waals surface area contributed by atoms with Gasteiger partial charge in [-0.05, 0) is 36.2 Å². The Balaban J connectivity index is 2.55. The van der Waals surface area contributed by atoms with E-state index in [-0.39, 0.29) is 5.75 Å². The smallest absolute Gasteiger partial charge is 0.138 e. The molecule has 2 aromatic rings. The molecule has 0 aliphatic rings. The fraction of sp³-hybridized carbons (Fsp3) is 0.0833. The molecule has 0 amide bonds. The van der Waals surface area contributed by atoms with Gasteiger partial charge in [-0.15, -0.1) is 0 Å². The minimum absolute atomic E-state index is 0.111. The highest BCUT2D eigenvalue weighted by Gasteiger charge is 2.03. The van der Waals surface area contributed by atoms with Crippen molar-refractivity contribution in [1.82, 2.24) is 4.98 Å². The zero-order chi connectivity index (χ0) is 10.8. The van der Waals surface area contributed by atoms with Gasteiger partial charge in [0.2, 0.25) is 0 Å². The fourth-order valence-electron chi connectivity index (χ4n) is 1.49. The number of hydrogen-bond donors (Lipinski definition) is 2. The van der Waals surface area contributed by atoms with Crippen LogP contribution in [0, 0.1) is 6.92 Å². The van der Waals surface area contributed by atoms with Crippen LogP contribution in [0.2, 0.25) is 0 Å². The van der Waals surface area contributed by atoms with E-state index in [1.807, 2.05) is 19.1 Å². The lowest BCUT2D eigenvalue weighted by atomic mass is 10.0. The Bertz CT molecular complexity index is 495. The Morgan fingerprint density at radius 1 is 1.27 bits per heavy atom. The van der Waals surface area contributed by atoms with Crippen molar-refractivity contribution in [1.29, 1.82) is 0 Å². The topological polar surface area (TPSA) is 59.1 Å². The van der Waals surface area contributed by atoms with E-state index >= 15 is 0 Å². The summed E-state index contributed by atoms with van der Waals surface area (Å²) in [5.74, 6) is 0.111. The van der Waals surface area contributed by atoms with Crippen LogP contribution in [0.3, 0.4) is 0 Å². The number of phenolic OH excluding ortho intramolecular Hbond substituents is 1. The number of anilines is 1. The minimum atomic E-state index is 0.111. The maximum atomic E-state index is 9.32. The van der Waals surface area contributed by atoms with Crippen LogP contribution in [-0.2, 0) is 0 Å². The van der Waals surface area contributed by atoms with Gasteiger partial charge in [0.1, 0.15) is 5.75 Å². The van der Waals surface area contributed by atoms with Gasteiger partial charge in [-0.1, -0.05) is 6.07 Å². The second kappa shape index (κ2) is 3.61. The first kappa shape index (κ1) is 9.52. The Hall–Kier alpha value is -2.03. The van der Waals surface area contributed by atoms with Gasteiger partial charge < -0.3 is 10.8 Å². The second-order valence-corrected chi connectivity index (χ2v) is 3.46. The maximum Gasteiger partial charge on any atom is 0.138 e. The highest BCUT2D eigenvalue weighted by atomic mass is 16.3. The van der Waals surface area contributed by atoms with Crippen molar-refractivity contribution in [3.63, 3.8) is 0 Å². The van der Waals surface area contributed by atoms with Crippen molar-refractivity contribution in [3.8, 4) is 16.9 Å². The molecule has 3 heteroatoms. The standard InChI is InChI=1S/C12H12N2O/c1-8-4-5-14-7-10(8)9-2-3-12(15)11(13)6-9/h2-7,15H,13H2,1H3. The number of rotatable bonds is 1. The number of nitrogens with two attached hydrogens (primary N) is 1. The molecule has 0 saturated carbocycles. The number of nitrogen functional groups attached to an aromatic ring is 1. The Morgan fingerprint density at radius 2 is 2.07 bits per heavy atom. The summed E-state index contributed by atoms with van der Waals surface area (Å²) in [4.78, 5) is 4.07. The number of pyridine rings is 1. The minimum Gasteiger partial charge on any atom is -0.506 e. The molecule has 0 aliphatic carbocycles. The average molecular weight is 200 g/mol. The molecular weight excluding hydrogens is 188 g/mol. The van der Waals surface area contributed by atoms with Crippen molar-refractivity contribution in [3.05, 3.63) is 42.2 Å². The maximum absolute atomic E-state index is 9.32. The van der Waals surface area contributed by atoms with E-state index in [0.717, 1.165) is 16.7 Å². The van der Waals surface area contributed by atoms with Crippen LogP contribution in [-0.4, -0.2) is 10.1 Å². The van der Waals surface area contributed by atoms with Crippen LogP contribution in [0.15, 0.2) is 36.7 Å². The molecule has 0 spiro atoms. The van der Waals surface area contributed by atoms with Crippen LogP contribution in [0.25, 0.3) is 11.1 Å². The predicted molar refractivity (Wildman–Crippen MR) is 60.5 cm³/mol. The SMILES string of the molecule is Cc1ccncc1-c1ccc(O)c(N)c1. The third-order valence-electron chi connectivity index (χ3n) is 2.38. The highest BCUT2D eigenvalue weighted by Crippen LogP contribution is 2.28. The molecule has 0 radical (unpaired) electrons. The zero-order valence-electron chi connectivity index (χ0n) is 8.44. The molecule has 0 aliphatic heterocycles. The largest absolute Gasteiger partial charge is 0.506 e. The Morgan fingerprint density at radius 3 is 2.73 bits per heavy atom. The lowest BCUT2D eigenvalue weighted by Gasteiger charge is -2.06. The van der Waals surface area contributed by atoms with Gasteiger partial charge >= 0.3 is 0 Å². The Kier molecular flexibility index (Phi) is 2.29. The predicted octanol–water partition coefficient (Wildman–Crippen LogP) is 2.34. The number of nitrogens with zero attached hydrogens (tertiary/aromatic N) is 1. The van der Waals surface area contributed by atoms with E-state index in [0.29, 0.717) is 5.69 Å². The number of aryl methyl sites for hydroxylation is 1. The first-order chi connectivity index (χ1) is 7.18. The molecule has 15 heavy (non-hydrogen) atoms. The fourth-order valence-corrected chi connectivity index (χ4v) is 1.49. The van der Waals surface area contributed by atoms with Crippen molar-refractivity contribution in [2.45, 2.75) is 6.92 Å². The summed E-state index contributed by atoms with van der Waals surface area (Å²) < 4.78 is 0. The summed E-state index contributed by atoms with van der Waals surface area (Å²) in [6.45, 7) is 2.01. The quantitative estimate of drug-likeness (QED) is 0.548. The molecule has 0 saturated heterocycles. The molecule has 3 nitrogen and oxygen atoms in total. The van der Waals surface area contributed by atoms with Crippen LogP contribution < -0.4 is 5.73 Å². The van der Waals surface area contributed by atoms with E-state index in [4.69, 9.17) is 5.73 Å². The first-order valence-electron chi connectivity index (χ1n) is 4.68. The molecule has 1 aromatic carbocycles. The number of benzene rings is 1. The summed E-state index contributed by atoms with van der Waals surface area (Å²) in [6, 6.07) is 7.12. The number of hydrogen-bond acceptors (Lipinski definition) is 3. The lowest BCUT2D eigenvalue weighted by molar-refractivity contribution is 0.478. The van der Waals surface area contributed by atoms with Gasteiger partial charge in [-0.3, -0.25) is 4.98 Å². The zero-order valence-corrected chi connectivity index (χ0v) is 8.44. The van der Waals surface area contributed by atoms with Gasteiger partial charge in [0.25, 0.3) is 0 Å². The lowest BCUT2D eigenvalue weighted by Crippen LogP contribution is -1.89. The van der Waals surface area contributed by atoms with Gasteiger partial charge in [0.05, 0.1) is 5.69 Å². The van der Waals surface area contributed by atoms with E-state index in [2.05, 4.69) is 4.98 Å². The highest BCUT2D eigenvalue weighted by molar-refractivity contribution is 5.71. The summed E-state index contributed by atoms with van der Waals surface area (Å²) in [5.41, 5.74) is 9.16. The van der Waals surface area contributed by atoms with Crippen LogP contribution in [0.1, 0.15) is 5.56 Å². The third-order valence-corrected chi connectivity index (χ3v) is 2.38. The normalized spacial score (nSPS) is 10.2. The molecule has 2 rings (SSSR count). The van der Waals surface area contributed by atoms with Crippen LogP contribution >= 0.6 is 0 Å². The number of phenols is 1. The molecule has 3 N–H and O–H groups in total. The van der Waals surface area contributed by atoms with Gasteiger partial charge in [-0.2, -0.15) is 0 Å². The second-order valence-electron chi connectivity index (χ2n) is 3.46. The van der Waals surface area contributed by atoms with Crippen molar-refractivity contribution in [2.75, 3.05) is 5.73 Å². The van der Waals surface area contributed by atoms with Gasteiger partial charge in [0.15, 0.2) is 0 Å². The van der Waals surface area contributed by atoms with Crippen molar-refractivity contribution in [2.24, 2.45) is 0 Å². The van der Waals surface area contributed by atoms with E-state index in [1.165, 1.54) is 0 Å². The van der Waals surface area contributed by atoms with Gasteiger partial charge in [-0.25, -0.2) is 0 Å². The molecular formula is C12H12N2O. The van der Waals surface area contributed by atoms with E-state index in [1.54, 1.807) is 24.5 Å². The molecule has 76 valence electrons. The molecule has 0 fully saturated rings. The van der Waals surface area contributed by atoms with E-state index < -0.39 is 0 Å². The molecule has 0 bridgehead atoms. The van der Waals surface area contributed by atoms with Crippen LogP contribution in [0.5, 0.6) is 5.75 Å². The first-order valence-corrected chi connectivity index (χ1v) is 4.68. The van der Waals surface area contributed by atoms with Gasteiger partial charge in [0, 0.05) is 18.0 Å². The molecule has 1 aromatic heterocycles. The summed E-state index contributed by atoms with van der Waals surface area (Å²) in [7, 11) is 0. The Labute approximate surface area is 88.2 Å². The molecule has 1 heterocycles. The molecule has 0 atom stereocenters. The summed E-state index contributed by atoms with van der Waals surface area (Å²) in [6.07, 6.45) is 3.55. The summed E-state index contributed by atoms with van der Waals surface area (Å²) >= 11 is 0.